The second-order valence-corrected chi connectivity index (χ2v) is 5.07. The third-order valence-corrected chi connectivity index (χ3v) is 3.11. The van der Waals surface area contributed by atoms with Crippen molar-refractivity contribution in [2.75, 3.05) is 24.3 Å². The molecule has 0 fully saturated rings. The smallest absolute Gasteiger partial charge is 0.144 e. The van der Waals surface area contributed by atoms with E-state index in [0.29, 0.717) is 24.6 Å². The average Bonchev–Trinajstić information content (AvgIpc) is 2.38. The van der Waals surface area contributed by atoms with Crippen molar-refractivity contribution in [3.05, 3.63) is 18.2 Å². The second-order valence-electron chi connectivity index (χ2n) is 5.07. The Morgan fingerprint density at radius 1 is 1.37 bits per heavy atom. The van der Waals surface area contributed by atoms with Crippen molar-refractivity contribution in [1.82, 2.24) is 0 Å². The number of para-hydroxylation sites is 1. The lowest BCUT2D eigenvalue weighted by atomic mass is 10.0. The summed E-state index contributed by atoms with van der Waals surface area (Å²) in [6, 6.07) is 5.96. The third-order valence-electron chi connectivity index (χ3n) is 3.11. The fraction of sp³-hybridized carbons (Fsp3) is 0.600. The molecule has 4 heteroatoms. The molecule has 0 radical (unpaired) electrons. The second kappa shape index (κ2) is 7.89. The summed E-state index contributed by atoms with van der Waals surface area (Å²) in [5.41, 5.74) is 7.63. The molecule has 0 bridgehead atoms. The van der Waals surface area contributed by atoms with Gasteiger partial charge in [-0.1, -0.05) is 26.8 Å². The molecule has 0 heterocycles. The van der Waals surface area contributed by atoms with Crippen molar-refractivity contribution in [1.29, 1.82) is 0 Å². The van der Waals surface area contributed by atoms with Crippen LogP contribution < -0.4 is 15.8 Å². The number of nitrogen functional groups attached to an aromatic ring is 1. The summed E-state index contributed by atoms with van der Waals surface area (Å²) in [5.74, 6) is 1.14. The predicted molar refractivity (Wildman–Crippen MR) is 80.6 cm³/mol. The number of aliphatic hydroxyl groups is 1. The summed E-state index contributed by atoms with van der Waals surface area (Å²) < 4.78 is 5.61. The van der Waals surface area contributed by atoms with Gasteiger partial charge in [0.25, 0.3) is 0 Å². The van der Waals surface area contributed by atoms with E-state index < -0.39 is 0 Å². The third kappa shape index (κ3) is 4.63. The Morgan fingerprint density at radius 3 is 2.68 bits per heavy atom. The Bertz CT molecular complexity index is 380. The highest BCUT2D eigenvalue weighted by Gasteiger charge is 2.15. The molecular weight excluding hydrogens is 240 g/mol. The van der Waals surface area contributed by atoms with Crippen LogP contribution in [0.2, 0.25) is 0 Å². The molecule has 108 valence electrons. The van der Waals surface area contributed by atoms with E-state index in [2.05, 4.69) is 26.1 Å². The number of aliphatic hydroxyl groups excluding tert-OH is 1. The molecule has 4 nitrogen and oxygen atoms in total. The van der Waals surface area contributed by atoms with Crippen molar-refractivity contribution in [2.45, 2.75) is 39.7 Å². The first-order valence-electron chi connectivity index (χ1n) is 6.98. The lowest BCUT2D eigenvalue weighted by Gasteiger charge is -2.24. The van der Waals surface area contributed by atoms with Gasteiger partial charge in [0.1, 0.15) is 5.75 Å². The summed E-state index contributed by atoms with van der Waals surface area (Å²) in [7, 11) is 0. The fourth-order valence-electron chi connectivity index (χ4n) is 1.92. The zero-order valence-electron chi connectivity index (χ0n) is 12.1. The van der Waals surface area contributed by atoms with E-state index in [1.54, 1.807) is 0 Å². The number of ether oxygens (including phenoxy) is 1. The highest BCUT2D eigenvalue weighted by Crippen LogP contribution is 2.30. The van der Waals surface area contributed by atoms with Gasteiger partial charge in [-0.2, -0.15) is 0 Å². The maximum atomic E-state index is 9.11. The monoisotopic (exact) mass is 266 g/mol. The number of hydrogen-bond donors (Lipinski definition) is 3. The summed E-state index contributed by atoms with van der Waals surface area (Å²) in [6.07, 6.45) is 1.66. The molecule has 0 saturated carbocycles. The lowest BCUT2D eigenvalue weighted by Crippen LogP contribution is -2.27. The number of anilines is 2. The van der Waals surface area contributed by atoms with Crippen molar-refractivity contribution < 1.29 is 9.84 Å². The summed E-state index contributed by atoms with van der Waals surface area (Å²) in [6.45, 7) is 7.15. The first kappa shape index (κ1) is 15.6. The van der Waals surface area contributed by atoms with Gasteiger partial charge in [0, 0.05) is 12.6 Å². The lowest BCUT2D eigenvalue weighted by molar-refractivity contribution is 0.267. The van der Waals surface area contributed by atoms with Gasteiger partial charge in [0.2, 0.25) is 0 Å². The minimum Gasteiger partial charge on any atom is -0.491 e. The van der Waals surface area contributed by atoms with Crippen LogP contribution in [0.15, 0.2) is 18.2 Å². The maximum Gasteiger partial charge on any atom is 0.144 e. The predicted octanol–water partition coefficient (Wildman–Crippen LogP) is 2.88. The van der Waals surface area contributed by atoms with Crippen LogP contribution in [-0.4, -0.2) is 24.4 Å². The van der Waals surface area contributed by atoms with Crippen LogP contribution in [0, 0.1) is 5.92 Å². The standard InChI is InChI=1S/C15H26N2O2/c1-4-10-19-14-7-5-6-13(15(14)16)17-12(8-9-18)11(2)3/h5-7,11-12,17-18H,4,8-10,16H2,1-3H3. The molecule has 0 amide bonds. The van der Waals surface area contributed by atoms with E-state index in [9.17, 15) is 0 Å². The SMILES string of the molecule is CCCOc1cccc(NC(CCO)C(C)C)c1N. The molecule has 0 spiro atoms. The van der Waals surface area contributed by atoms with E-state index in [1.165, 1.54) is 0 Å². The first-order valence-corrected chi connectivity index (χ1v) is 6.98. The molecule has 0 aliphatic rings. The van der Waals surface area contributed by atoms with Gasteiger partial charge >= 0.3 is 0 Å². The summed E-state index contributed by atoms with van der Waals surface area (Å²) in [5, 5.41) is 12.5. The number of nitrogens with two attached hydrogens (primary N) is 1. The number of benzene rings is 1. The van der Waals surface area contributed by atoms with E-state index in [4.69, 9.17) is 15.6 Å². The molecule has 1 unspecified atom stereocenters. The highest BCUT2D eigenvalue weighted by molar-refractivity contribution is 5.73. The van der Waals surface area contributed by atoms with Crippen LogP contribution in [0.3, 0.4) is 0 Å². The van der Waals surface area contributed by atoms with Crippen LogP contribution in [0.4, 0.5) is 11.4 Å². The highest BCUT2D eigenvalue weighted by atomic mass is 16.5. The minimum absolute atomic E-state index is 0.168. The molecule has 0 aromatic heterocycles. The topological polar surface area (TPSA) is 67.5 Å². The fourth-order valence-corrected chi connectivity index (χ4v) is 1.92. The van der Waals surface area contributed by atoms with Crippen molar-refractivity contribution in [3.8, 4) is 5.75 Å². The molecule has 0 aliphatic carbocycles. The van der Waals surface area contributed by atoms with Gasteiger partial charge in [-0.3, -0.25) is 0 Å². The maximum absolute atomic E-state index is 9.11. The largest absolute Gasteiger partial charge is 0.491 e. The molecule has 1 aromatic carbocycles. The van der Waals surface area contributed by atoms with Gasteiger partial charge in [0.15, 0.2) is 0 Å². The molecule has 0 aliphatic heterocycles. The van der Waals surface area contributed by atoms with E-state index in [-0.39, 0.29) is 12.6 Å². The van der Waals surface area contributed by atoms with Crippen molar-refractivity contribution >= 4 is 11.4 Å². The number of rotatable bonds is 8. The number of hydrogen-bond acceptors (Lipinski definition) is 4. The molecule has 19 heavy (non-hydrogen) atoms. The van der Waals surface area contributed by atoms with Crippen LogP contribution in [0.1, 0.15) is 33.6 Å². The molecule has 4 N–H and O–H groups in total. The Morgan fingerprint density at radius 2 is 2.11 bits per heavy atom. The van der Waals surface area contributed by atoms with Gasteiger partial charge in [-0.05, 0) is 30.9 Å². The molecule has 1 aromatic rings. The molecule has 0 saturated heterocycles. The quantitative estimate of drug-likeness (QED) is 0.633. The molecular formula is C15H26N2O2. The molecule has 1 atom stereocenters. The van der Waals surface area contributed by atoms with Crippen LogP contribution in [0.25, 0.3) is 0 Å². The summed E-state index contributed by atoms with van der Waals surface area (Å²) in [4.78, 5) is 0. The Kier molecular flexibility index (Phi) is 6.50. The summed E-state index contributed by atoms with van der Waals surface area (Å²) >= 11 is 0. The van der Waals surface area contributed by atoms with E-state index in [1.807, 2.05) is 18.2 Å². The van der Waals surface area contributed by atoms with E-state index in [0.717, 1.165) is 17.9 Å². The van der Waals surface area contributed by atoms with Crippen molar-refractivity contribution in [3.63, 3.8) is 0 Å². The Labute approximate surface area is 116 Å². The van der Waals surface area contributed by atoms with E-state index >= 15 is 0 Å². The molecule has 1 rings (SSSR count). The Hall–Kier alpha value is -1.42. The van der Waals surface area contributed by atoms with Gasteiger partial charge in [0.05, 0.1) is 18.0 Å². The Balaban J connectivity index is 2.82. The zero-order valence-corrected chi connectivity index (χ0v) is 12.1. The van der Waals surface area contributed by atoms with Crippen LogP contribution in [0.5, 0.6) is 5.75 Å². The minimum atomic E-state index is 0.168. The van der Waals surface area contributed by atoms with Crippen molar-refractivity contribution in [2.24, 2.45) is 5.92 Å². The normalized spacial score (nSPS) is 12.5. The van der Waals surface area contributed by atoms with Crippen LogP contribution in [-0.2, 0) is 0 Å². The van der Waals surface area contributed by atoms with Gasteiger partial charge in [-0.15, -0.1) is 0 Å². The zero-order chi connectivity index (χ0) is 14.3. The number of nitrogens with one attached hydrogen (secondary N) is 1. The van der Waals surface area contributed by atoms with Crippen LogP contribution >= 0.6 is 0 Å². The average molecular weight is 266 g/mol. The van der Waals surface area contributed by atoms with Gasteiger partial charge < -0.3 is 20.9 Å². The van der Waals surface area contributed by atoms with Gasteiger partial charge in [-0.25, -0.2) is 0 Å². The first-order chi connectivity index (χ1) is 9.10.